The highest BCUT2D eigenvalue weighted by atomic mass is 16.5. The largest absolute Gasteiger partial charge is 0.496 e. The number of methoxy groups -OCH3 is 2. The summed E-state index contributed by atoms with van der Waals surface area (Å²) in [6.07, 6.45) is 4.20. The molecule has 0 saturated carbocycles. The Morgan fingerprint density at radius 2 is 1.40 bits per heavy atom. The first kappa shape index (κ1) is 8.80. The zero-order valence-corrected chi connectivity index (χ0v) is 8.69. The molecule has 0 aliphatic carbocycles. The molecule has 2 bridgehead atoms. The van der Waals surface area contributed by atoms with Crippen LogP contribution in [0.15, 0.2) is 24.3 Å². The van der Waals surface area contributed by atoms with Crippen molar-refractivity contribution >= 4 is 0 Å². The average Bonchev–Trinajstić information content (AvgIpc) is 2.88. The van der Waals surface area contributed by atoms with Crippen LogP contribution in [0.1, 0.15) is 23.3 Å². The second-order valence-corrected chi connectivity index (χ2v) is 3.66. The molecule has 15 heavy (non-hydrogen) atoms. The zero-order chi connectivity index (χ0) is 10.4. The van der Waals surface area contributed by atoms with Crippen molar-refractivity contribution in [2.75, 3.05) is 14.2 Å². The van der Waals surface area contributed by atoms with E-state index in [0.29, 0.717) is 0 Å². The molecule has 2 atom stereocenters. The van der Waals surface area contributed by atoms with Crippen LogP contribution in [0.3, 0.4) is 0 Å². The number of rotatable bonds is 2. The molecule has 0 aromatic heterocycles. The van der Waals surface area contributed by atoms with Crippen LogP contribution in [0.2, 0.25) is 0 Å². The highest BCUT2D eigenvalue weighted by Crippen LogP contribution is 2.52. The smallest absolute Gasteiger partial charge is 0.125 e. The van der Waals surface area contributed by atoms with Crippen LogP contribution in [-0.4, -0.2) is 14.2 Å². The molecule has 3 rings (SSSR count). The van der Waals surface area contributed by atoms with E-state index in [-0.39, 0.29) is 12.2 Å². The van der Waals surface area contributed by atoms with Gasteiger partial charge in [0.25, 0.3) is 0 Å². The van der Waals surface area contributed by atoms with Gasteiger partial charge in [0.15, 0.2) is 0 Å². The molecule has 0 fully saturated rings. The SMILES string of the molecule is COc1ccc(OC)c2c1C1C=CC2O1. The Labute approximate surface area is 88.3 Å². The van der Waals surface area contributed by atoms with Crippen LogP contribution in [0, 0.1) is 0 Å². The molecule has 0 N–H and O–H groups in total. The number of fused-ring (bicyclic) bond motifs is 5. The fourth-order valence-corrected chi connectivity index (χ4v) is 2.32. The second kappa shape index (κ2) is 3.00. The lowest BCUT2D eigenvalue weighted by Gasteiger charge is -2.15. The highest BCUT2D eigenvalue weighted by Gasteiger charge is 2.38. The molecule has 2 aliphatic rings. The van der Waals surface area contributed by atoms with Crippen molar-refractivity contribution in [3.63, 3.8) is 0 Å². The van der Waals surface area contributed by atoms with Crippen LogP contribution in [0.5, 0.6) is 11.5 Å². The first-order chi connectivity index (χ1) is 7.35. The summed E-state index contributed by atoms with van der Waals surface area (Å²) in [5.41, 5.74) is 2.23. The lowest BCUT2D eigenvalue weighted by Crippen LogP contribution is -2.00. The predicted octanol–water partition coefficient (Wildman–Crippen LogP) is 2.39. The molecule has 1 aromatic rings. The minimum Gasteiger partial charge on any atom is -0.496 e. The van der Waals surface area contributed by atoms with E-state index in [1.54, 1.807) is 14.2 Å². The molecular formula is C12H12O3. The van der Waals surface area contributed by atoms with Crippen LogP contribution >= 0.6 is 0 Å². The fourth-order valence-electron chi connectivity index (χ4n) is 2.32. The van der Waals surface area contributed by atoms with Gasteiger partial charge in [0.1, 0.15) is 23.7 Å². The Balaban J connectivity index is 2.23. The summed E-state index contributed by atoms with van der Waals surface area (Å²) < 4.78 is 16.4. The molecule has 0 amide bonds. The van der Waals surface area contributed by atoms with Gasteiger partial charge in [-0.3, -0.25) is 0 Å². The number of benzene rings is 1. The predicted molar refractivity (Wildman–Crippen MR) is 55.3 cm³/mol. The van der Waals surface area contributed by atoms with E-state index in [1.165, 1.54) is 0 Å². The van der Waals surface area contributed by atoms with Gasteiger partial charge in [-0.1, -0.05) is 12.2 Å². The van der Waals surface area contributed by atoms with Gasteiger partial charge in [-0.2, -0.15) is 0 Å². The monoisotopic (exact) mass is 204 g/mol. The van der Waals surface area contributed by atoms with E-state index in [0.717, 1.165) is 22.6 Å². The normalized spacial score (nSPS) is 25.5. The van der Waals surface area contributed by atoms with E-state index in [2.05, 4.69) is 12.2 Å². The Bertz CT molecular complexity index is 398. The maximum Gasteiger partial charge on any atom is 0.125 e. The standard InChI is InChI=1S/C12H12O3/c1-13-7-3-4-8(14-2)12-10-6-5-9(15-10)11(7)12/h3-6,9-10H,1-2H3. The molecular weight excluding hydrogens is 192 g/mol. The Kier molecular flexibility index (Phi) is 1.76. The fraction of sp³-hybridized carbons (Fsp3) is 0.333. The third kappa shape index (κ3) is 1.04. The highest BCUT2D eigenvalue weighted by molar-refractivity contribution is 5.57. The first-order valence-corrected chi connectivity index (χ1v) is 4.93. The number of hydrogen-bond acceptors (Lipinski definition) is 3. The quantitative estimate of drug-likeness (QED) is 0.692. The van der Waals surface area contributed by atoms with E-state index in [4.69, 9.17) is 14.2 Å². The second-order valence-electron chi connectivity index (χ2n) is 3.66. The minimum absolute atomic E-state index is 0.0371. The first-order valence-electron chi connectivity index (χ1n) is 4.93. The molecule has 2 unspecified atom stereocenters. The summed E-state index contributed by atoms with van der Waals surface area (Å²) in [6.45, 7) is 0. The number of hydrogen-bond donors (Lipinski definition) is 0. The van der Waals surface area contributed by atoms with Crippen molar-refractivity contribution in [3.8, 4) is 11.5 Å². The van der Waals surface area contributed by atoms with E-state index >= 15 is 0 Å². The van der Waals surface area contributed by atoms with Crippen molar-refractivity contribution in [1.29, 1.82) is 0 Å². The Morgan fingerprint density at radius 1 is 0.933 bits per heavy atom. The zero-order valence-electron chi connectivity index (χ0n) is 8.69. The van der Waals surface area contributed by atoms with Gasteiger partial charge < -0.3 is 14.2 Å². The molecule has 0 saturated heterocycles. The van der Waals surface area contributed by atoms with Gasteiger partial charge >= 0.3 is 0 Å². The van der Waals surface area contributed by atoms with Crippen molar-refractivity contribution in [3.05, 3.63) is 35.4 Å². The Hall–Kier alpha value is -1.48. The summed E-state index contributed by atoms with van der Waals surface area (Å²) in [5.74, 6) is 1.75. The molecule has 3 nitrogen and oxygen atoms in total. The van der Waals surface area contributed by atoms with Gasteiger partial charge in [-0.05, 0) is 12.1 Å². The van der Waals surface area contributed by atoms with Crippen molar-refractivity contribution in [2.45, 2.75) is 12.2 Å². The van der Waals surface area contributed by atoms with Gasteiger partial charge in [0.05, 0.1) is 14.2 Å². The van der Waals surface area contributed by atoms with Gasteiger partial charge in [-0.25, -0.2) is 0 Å². The van der Waals surface area contributed by atoms with E-state index in [1.807, 2.05) is 12.1 Å². The van der Waals surface area contributed by atoms with Crippen LogP contribution in [0.4, 0.5) is 0 Å². The molecule has 78 valence electrons. The molecule has 0 radical (unpaired) electrons. The molecule has 0 spiro atoms. The average molecular weight is 204 g/mol. The third-order valence-electron chi connectivity index (χ3n) is 2.97. The number of ether oxygens (including phenoxy) is 3. The van der Waals surface area contributed by atoms with Crippen LogP contribution < -0.4 is 9.47 Å². The van der Waals surface area contributed by atoms with E-state index in [9.17, 15) is 0 Å². The summed E-state index contributed by atoms with van der Waals surface area (Å²) in [4.78, 5) is 0. The summed E-state index contributed by atoms with van der Waals surface area (Å²) in [7, 11) is 3.36. The van der Waals surface area contributed by atoms with Gasteiger partial charge in [0.2, 0.25) is 0 Å². The molecule has 3 heteroatoms. The van der Waals surface area contributed by atoms with Crippen molar-refractivity contribution in [2.24, 2.45) is 0 Å². The summed E-state index contributed by atoms with van der Waals surface area (Å²) >= 11 is 0. The van der Waals surface area contributed by atoms with Crippen molar-refractivity contribution < 1.29 is 14.2 Å². The molecule has 2 aliphatic heterocycles. The van der Waals surface area contributed by atoms with Gasteiger partial charge in [0, 0.05) is 11.1 Å². The van der Waals surface area contributed by atoms with E-state index < -0.39 is 0 Å². The lowest BCUT2D eigenvalue weighted by atomic mass is 9.95. The van der Waals surface area contributed by atoms with Gasteiger partial charge in [-0.15, -0.1) is 0 Å². The molecule has 1 aromatic carbocycles. The maximum atomic E-state index is 5.76. The summed E-state index contributed by atoms with van der Waals surface area (Å²) in [6, 6.07) is 3.85. The summed E-state index contributed by atoms with van der Waals surface area (Å²) in [5, 5.41) is 0. The minimum atomic E-state index is 0.0371. The molecule has 2 heterocycles. The van der Waals surface area contributed by atoms with Crippen molar-refractivity contribution in [1.82, 2.24) is 0 Å². The topological polar surface area (TPSA) is 27.7 Å². The van der Waals surface area contributed by atoms with Crippen LogP contribution in [0.25, 0.3) is 0 Å². The van der Waals surface area contributed by atoms with Crippen LogP contribution in [-0.2, 0) is 4.74 Å². The third-order valence-corrected chi connectivity index (χ3v) is 2.97. The lowest BCUT2D eigenvalue weighted by molar-refractivity contribution is 0.0862. The maximum absolute atomic E-state index is 5.76. The Morgan fingerprint density at radius 3 is 1.80 bits per heavy atom.